The Hall–Kier alpha value is -2.97. The van der Waals surface area contributed by atoms with E-state index < -0.39 is 34.5 Å². The normalized spacial score (nSPS) is 20.2. The first kappa shape index (κ1) is 22.2. The van der Waals surface area contributed by atoms with E-state index in [4.69, 9.17) is 23.2 Å². The van der Waals surface area contributed by atoms with Gasteiger partial charge in [-0.15, -0.1) is 0 Å². The van der Waals surface area contributed by atoms with Gasteiger partial charge in [-0.1, -0.05) is 48.2 Å². The molecule has 1 heterocycles. The largest absolute Gasteiger partial charge is 0.273 e. The van der Waals surface area contributed by atoms with Crippen LogP contribution in [0.5, 0.6) is 0 Å². The van der Waals surface area contributed by atoms with Crippen molar-refractivity contribution < 1.29 is 19.3 Å². The van der Waals surface area contributed by atoms with E-state index in [9.17, 15) is 24.5 Å². The Morgan fingerprint density at radius 2 is 1.72 bits per heavy atom. The first-order valence-corrected chi connectivity index (χ1v) is 10.9. The molecule has 32 heavy (non-hydrogen) atoms. The quantitative estimate of drug-likeness (QED) is 0.356. The fourth-order valence-electron chi connectivity index (χ4n) is 4.33. The number of rotatable bonds is 5. The van der Waals surface area contributed by atoms with Crippen LogP contribution in [0.2, 0.25) is 10.0 Å². The van der Waals surface area contributed by atoms with E-state index >= 15 is 0 Å². The molecule has 166 valence electrons. The summed E-state index contributed by atoms with van der Waals surface area (Å²) >= 11 is 12.3. The highest BCUT2D eigenvalue weighted by atomic mass is 35.5. The number of imide groups is 1. The lowest BCUT2D eigenvalue weighted by Gasteiger charge is -2.31. The van der Waals surface area contributed by atoms with Gasteiger partial charge in [0.15, 0.2) is 0 Å². The van der Waals surface area contributed by atoms with Gasteiger partial charge in [-0.25, -0.2) is 5.01 Å². The standard InChI is InChI=1S/C22H19Cl2N3O5/c23-15-9-8-14(19(24)11-15)12-25(20(28)13-4-3-5-16(10-13)27(31)32)26-21(29)17-6-1-2-7-18(17)22(26)30/h3-5,8-11,17-18H,1-2,6-7,12H2/t17-,18+. The number of halogens is 2. The Balaban J connectivity index is 1.75. The van der Waals surface area contributed by atoms with Crippen LogP contribution in [0.15, 0.2) is 42.5 Å². The van der Waals surface area contributed by atoms with E-state index in [0.717, 1.165) is 28.9 Å². The maximum Gasteiger partial charge on any atom is 0.273 e. The van der Waals surface area contributed by atoms with E-state index in [1.807, 2.05) is 0 Å². The van der Waals surface area contributed by atoms with Crippen molar-refractivity contribution >= 4 is 46.6 Å². The Morgan fingerprint density at radius 1 is 1.06 bits per heavy atom. The van der Waals surface area contributed by atoms with Crippen LogP contribution < -0.4 is 0 Å². The summed E-state index contributed by atoms with van der Waals surface area (Å²) < 4.78 is 0. The first-order chi connectivity index (χ1) is 15.3. The van der Waals surface area contributed by atoms with Gasteiger partial charge in [0.1, 0.15) is 0 Å². The van der Waals surface area contributed by atoms with E-state index in [-0.39, 0.29) is 22.8 Å². The minimum Gasteiger partial charge on any atom is -0.272 e. The molecule has 2 atom stereocenters. The van der Waals surface area contributed by atoms with Crippen LogP contribution in [0.25, 0.3) is 0 Å². The summed E-state index contributed by atoms with van der Waals surface area (Å²) in [5, 5.41) is 13.8. The Labute approximate surface area is 193 Å². The second kappa shape index (κ2) is 8.88. The molecule has 3 amide bonds. The van der Waals surface area contributed by atoms with Gasteiger partial charge in [0.25, 0.3) is 23.4 Å². The zero-order valence-electron chi connectivity index (χ0n) is 16.9. The van der Waals surface area contributed by atoms with Crippen molar-refractivity contribution in [2.75, 3.05) is 0 Å². The van der Waals surface area contributed by atoms with Crippen molar-refractivity contribution in [1.82, 2.24) is 10.0 Å². The van der Waals surface area contributed by atoms with Crippen LogP contribution in [0.1, 0.15) is 41.6 Å². The number of nitro benzene ring substituents is 1. The van der Waals surface area contributed by atoms with Gasteiger partial charge in [-0.05, 0) is 36.6 Å². The van der Waals surface area contributed by atoms with E-state index in [1.165, 1.54) is 24.3 Å². The van der Waals surface area contributed by atoms with Gasteiger partial charge >= 0.3 is 0 Å². The van der Waals surface area contributed by atoms with Crippen molar-refractivity contribution in [3.63, 3.8) is 0 Å². The molecule has 2 fully saturated rings. The Morgan fingerprint density at radius 3 is 2.31 bits per heavy atom. The van der Waals surface area contributed by atoms with Crippen molar-refractivity contribution in [2.45, 2.75) is 32.2 Å². The summed E-state index contributed by atoms with van der Waals surface area (Å²) in [5.41, 5.74) is 0.193. The maximum absolute atomic E-state index is 13.5. The molecule has 0 aromatic heterocycles. The highest BCUT2D eigenvalue weighted by Gasteiger charge is 2.51. The van der Waals surface area contributed by atoms with Crippen LogP contribution >= 0.6 is 23.2 Å². The zero-order valence-corrected chi connectivity index (χ0v) is 18.4. The predicted octanol–water partition coefficient (Wildman–Crippen LogP) is 4.63. The molecule has 2 aromatic carbocycles. The number of hydrazine groups is 1. The molecule has 8 nitrogen and oxygen atoms in total. The third-order valence-electron chi connectivity index (χ3n) is 5.93. The van der Waals surface area contributed by atoms with Crippen molar-refractivity contribution in [3.05, 3.63) is 73.8 Å². The number of benzene rings is 2. The number of non-ortho nitro benzene ring substituents is 1. The van der Waals surface area contributed by atoms with E-state index in [1.54, 1.807) is 12.1 Å². The highest BCUT2D eigenvalue weighted by Crippen LogP contribution is 2.39. The molecule has 0 unspecified atom stereocenters. The number of hydrogen-bond donors (Lipinski definition) is 0. The van der Waals surface area contributed by atoms with Crippen LogP contribution in [0.4, 0.5) is 5.69 Å². The summed E-state index contributed by atoms with van der Waals surface area (Å²) in [5.74, 6) is -2.48. The molecule has 10 heteroatoms. The lowest BCUT2D eigenvalue weighted by Crippen LogP contribution is -2.49. The third-order valence-corrected chi connectivity index (χ3v) is 6.52. The Kier molecular flexibility index (Phi) is 6.17. The summed E-state index contributed by atoms with van der Waals surface area (Å²) in [6.45, 7) is -0.172. The number of fused-ring (bicyclic) bond motifs is 1. The van der Waals surface area contributed by atoms with Gasteiger partial charge < -0.3 is 0 Å². The summed E-state index contributed by atoms with van der Waals surface area (Å²) in [4.78, 5) is 50.4. The van der Waals surface area contributed by atoms with E-state index in [2.05, 4.69) is 0 Å². The summed E-state index contributed by atoms with van der Waals surface area (Å²) in [6, 6.07) is 9.87. The van der Waals surface area contributed by atoms with E-state index in [0.29, 0.717) is 23.4 Å². The Bertz CT molecular complexity index is 1100. The minimum absolute atomic E-state index is 0.0141. The number of hydrogen-bond acceptors (Lipinski definition) is 5. The second-order valence-electron chi connectivity index (χ2n) is 7.89. The molecular weight excluding hydrogens is 457 g/mol. The van der Waals surface area contributed by atoms with Gasteiger partial charge in [-0.3, -0.25) is 24.5 Å². The van der Waals surface area contributed by atoms with Crippen LogP contribution in [-0.2, 0) is 16.1 Å². The van der Waals surface area contributed by atoms with Gasteiger partial charge in [0.2, 0.25) is 0 Å². The van der Waals surface area contributed by atoms with Gasteiger partial charge in [0.05, 0.1) is 23.3 Å². The molecule has 1 saturated heterocycles. The summed E-state index contributed by atoms with van der Waals surface area (Å²) in [6.07, 6.45) is 2.87. The summed E-state index contributed by atoms with van der Waals surface area (Å²) in [7, 11) is 0. The zero-order chi connectivity index (χ0) is 23.0. The van der Waals surface area contributed by atoms with Gasteiger partial charge in [-0.2, -0.15) is 5.01 Å². The molecule has 1 saturated carbocycles. The topological polar surface area (TPSA) is 101 Å². The second-order valence-corrected chi connectivity index (χ2v) is 8.74. The molecule has 0 bridgehead atoms. The number of nitro groups is 1. The fraction of sp³-hybridized carbons (Fsp3) is 0.318. The molecular formula is C22H19Cl2N3O5. The molecule has 2 aromatic rings. The number of carbonyl (C=O) groups excluding carboxylic acids is 3. The SMILES string of the molecule is O=C(c1cccc([N+](=O)[O-])c1)N(Cc1ccc(Cl)cc1Cl)N1C(=O)[C@H]2CCCC[C@H]2C1=O. The lowest BCUT2D eigenvalue weighted by molar-refractivity contribution is -0.384. The van der Waals surface area contributed by atoms with Crippen molar-refractivity contribution in [1.29, 1.82) is 0 Å². The lowest BCUT2D eigenvalue weighted by atomic mass is 9.81. The van der Waals surface area contributed by atoms with Crippen LogP contribution in [0.3, 0.4) is 0 Å². The van der Waals surface area contributed by atoms with Crippen LogP contribution in [-0.4, -0.2) is 32.7 Å². The third kappa shape index (κ3) is 4.08. The predicted molar refractivity (Wildman–Crippen MR) is 117 cm³/mol. The molecule has 2 aliphatic rings. The number of amides is 3. The highest BCUT2D eigenvalue weighted by molar-refractivity contribution is 6.35. The van der Waals surface area contributed by atoms with Crippen molar-refractivity contribution in [3.8, 4) is 0 Å². The smallest absolute Gasteiger partial charge is 0.272 e. The molecule has 0 spiro atoms. The van der Waals surface area contributed by atoms with Crippen LogP contribution in [0, 0.1) is 22.0 Å². The molecule has 1 aliphatic heterocycles. The average Bonchev–Trinajstić information content (AvgIpc) is 3.03. The molecule has 4 rings (SSSR count). The monoisotopic (exact) mass is 475 g/mol. The maximum atomic E-state index is 13.5. The first-order valence-electron chi connectivity index (χ1n) is 10.2. The molecule has 0 radical (unpaired) electrons. The molecule has 1 aliphatic carbocycles. The fourth-order valence-corrected chi connectivity index (χ4v) is 4.80. The molecule has 0 N–H and O–H groups in total. The number of carbonyl (C=O) groups is 3. The van der Waals surface area contributed by atoms with Gasteiger partial charge in [0, 0.05) is 27.7 Å². The minimum atomic E-state index is -0.708. The van der Waals surface area contributed by atoms with Crippen molar-refractivity contribution in [2.24, 2.45) is 11.8 Å². The average molecular weight is 476 g/mol. The number of nitrogens with zero attached hydrogens (tertiary/aromatic N) is 3.